The summed E-state index contributed by atoms with van der Waals surface area (Å²) in [6.07, 6.45) is 0. The Morgan fingerprint density at radius 1 is 1.00 bits per heavy atom. The summed E-state index contributed by atoms with van der Waals surface area (Å²) in [6.45, 7) is 3.65. The van der Waals surface area contributed by atoms with E-state index in [2.05, 4.69) is 9.47 Å². The monoisotopic (exact) mass is 242 g/mol. The molecule has 6 heteroatoms. The summed E-state index contributed by atoms with van der Waals surface area (Å²) in [6, 6.07) is 0. The Hall–Kier alpha value is -0.480. The molecular weight excluding hydrogens is 231 g/mol. The van der Waals surface area contributed by atoms with Gasteiger partial charge in [0.05, 0.1) is 13.2 Å². The third-order valence-corrected chi connectivity index (χ3v) is 2.27. The molecule has 0 aliphatic carbocycles. The Balaban J connectivity index is 4.16. The zero-order valence-electron chi connectivity index (χ0n) is 7.96. The van der Waals surface area contributed by atoms with E-state index in [0.717, 1.165) is 0 Å². The lowest BCUT2D eigenvalue weighted by Gasteiger charge is -2.13. The first-order chi connectivity index (χ1) is 6.54. The SMILES string of the molecule is CCOC(=O)C(Cl)C(Cl)C(=O)OCC. The first-order valence-electron chi connectivity index (χ1n) is 4.16. The average Bonchev–Trinajstić information content (AvgIpc) is 2.16. The van der Waals surface area contributed by atoms with Crippen LogP contribution in [0.4, 0.5) is 0 Å². The molecule has 0 aromatic rings. The molecule has 0 amide bonds. The molecule has 0 aromatic carbocycles. The Kier molecular flexibility index (Phi) is 6.66. The molecule has 0 rings (SSSR count). The molecule has 0 aliphatic rings. The van der Waals surface area contributed by atoms with E-state index in [9.17, 15) is 9.59 Å². The minimum absolute atomic E-state index is 0.189. The van der Waals surface area contributed by atoms with Crippen LogP contribution < -0.4 is 0 Å². The molecule has 0 bridgehead atoms. The lowest BCUT2D eigenvalue weighted by atomic mass is 10.3. The highest BCUT2D eigenvalue weighted by molar-refractivity contribution is 6.41. The second-order valence-electron chi connectivity index (χ2n) is 2.31. The van der Waals surface area contributed by atoms with Gasteiger partial charge in [-0.1, -0.05) is 0 Å². The molecule has 0 saturated heterocycles. The molecule has 2 atom stereocenters. The highest BCUT2D eigenvalue weighted by atomic mass is 35.5. The fourth-order valence-corrected chi connectivity index (χ4v) is 1.01. The molecule has 14 heavy (non-hydrogen) atoms. The number of hydrogen-bond acceptors (Lipinski definition) is 4. The first-order valence-corrected chi connectivity index (χ1v) is 5.03. The van der Waals surface area contributed by atoms with E-state index in [1.54, 1.807) is 13.8 Å². The van der Waals surface area contributed by atoms with Gasteiger partial charge in [0.15, 0.2) is 10.8 Å². The predicted octanol–water partition coefficient (Wildman–Crippen LogP) is 1.33. The Morgan fingerprint density at radius 2 is 1.29 bits per heavy atom. The van der Waals surface area contributed by atoms with Crippen LogP contribution in [0.1, 0.15) is 13.8 Å². The standard InChI is InChI=1S/C8H12Cl2O4/c1-3-13-7(11)5(9)6(10)8(12)14-4-2/h5-6H,3-4H2,1-2H3. The second kappa shape index (κ2) is 6.90. The highest BCUT2D eigenvalue weighted by Crippen LogP contribution is 2.13. The van der Waals surface area contributed by atoms with Crippen LogP contribution >= 0.6 is 23.2 Å². The van der Waals surface area contributed by atoms with Crippen LogP contribution in [0.15, 0.2) is 0 Å². The van der Waals surface area contributed by atoms with E-state index in [-0.39, 0.29) is 13.2 Å². The summed E-state index contributed by atoms with van der Waals surface area (Å²) in [4.78, 5) is 22.1. The normalized spacial score (nSPS) is 14.3. The topological polar surface area (TPSA) is 52.6 Å². The van der Waals surface area contributed by atoms with Gasteiger partial charge in [0.2, 0.25) is 0 Å². The Labute approximate surface area is 92.5 Å². The van der Waals surface area contributed by atoms with Gasteiger partial charge in [-0.2, -0.15) is 0 Å². The van der Waals surface area contributed by atoms with Crippen LogP contribution in [0.25, 0.3) is 0 Å². The second-order valence-corrected chi connectivity index (χ2v) is 3.25. The van der Waals surface area contributed by atoms with Crippen LogP contribution in [0.2, 0.25) is 0 Å². The molecule has 4 nitrogen and oxygen atoms in total. The van der Waals surface area contributed by atoms with Crippen molar-refractivity contribution in [1.29, 1.82) is 0 Å². The average molecular weight is 243 g/mol. The quantitative estimate of drug-likeness (QED) is 0.540. The number of hydrogen-bond donors (Lipinski definition) is 0. The van der Waals surface area contributed by atoms with Crippen molar-refractivity contribution in [1.82, 2.24) is 0 Å². The summed E-state index contributed by atoms with van der Waals surface area (Å²) >= 11 is 11.2. The summed E-state index contributed by atoms with van der Waals surface area (Å²) in [7, 11) is 0. The maximum absolute atomic E-state index is 11.0. The zero-order valence-corrected chi connectivity index (χ0v) is 9.47. The molecule has 0 radical (unpaired) electrons. The van der Waals surface area contributed by atoms with Gasteiger partial charge in [0.1, 0.15) is 0 Å². The molecule has 0 spiro atoms. The fraction of sp³-hybridized carbons (Fsp3) is 0.750. The van der Waals surface area contributed by atoms with Crippen LogP contribution in [-0.4, -0.2) is 35.9 Å². The van der Waals surface area contributed by atoms with Gasteiger partial charge in [-0.05, 0) is 13.8 Å². The van der Waals surface area contributed by atoms with E-state index >= 15 is 0 Å². The Bertz CT molecular complexity index is 186. The minimum atomic E-state index is -1.21. The molecule has 0 saturated carbocycles. The number of esters is 2. The number of halogens is 2. The summed E-state index contributed by atoms with van der Waals surface area (Å²) < 4.78 is 9.18. The smallest absolute Gasteiger partial charge is 0.326 e. The van der Waals surface area contributed by atoms with Gasteiger partial charge in [-0.25, -0.2) is 0 Å². The van der Waals surface area contributed by atoms with Crippen molar-refractivity contribution < 1.29 is 19.1 Å². The maximum Gasteiger partial charge on any atom is 0.326 e. The van der Waals surface area contributed by atoms with Crippen molar-refractivity contribution in [3.05, 3.63) is 0 Å². The lowest BCUT2D eigenvalue weighted by molar-refractivity contribution is -0.149. The molecule has 0 fully saturated rings. The van der Waals surface area contributed by atoms with Crippen molar-refractivity contribution in [2.45, 2.75) is 24.6 Å². The van der Waals surface area contributed by atoms with E-state index in [4.69, 9.17) is 23.2 Å². The van der Waals surface area contributed by atoms with Crippen LogP contribution in [0.5, 0.6) is 0 Å². The van der Waals surface area contributed by atoms with Crippen molar-refractivity contribution in [2.24, 2.45) is 0 Å². The van der Waals surface area contributed by atoms with E-state index in [1.165, 1.54) is 0 Å². The number of carbonyl (C=O) groups excluding carboxylic acids is 2. The van der Waals surface area contributed by atoms with Crippen molar-refractivity contribution in [3.8, 4) is 0 Å². The Morgan fingerprint density at radius 3 is 1.50 bits per heavy atom. The summed E-state index contributed by atoms with van der Waals surface area (Å²) in [5, 5.41) is -2.42. The van der Waals surface area contributed by atoms with Gasteiger partial charge in [-0.3, -0.25) is 9.59 Å². The molecule has 0 heterocycles. The van der Waals surface area contributed by atoms with Crippen molar-refractivity contribution in [2.75, 3.05) is 13.2 Å². The molecule has 0 aliphatic heterocycles. The first kappa shape index (κ1) is 13.5. The van der Waals surface area contributed by atoms with Gasteiger partial charge in [-0.15, -0.1) is 23.2 Å². The van der Waals surface area contributed by atoms with Crippen LogP contribution in [0, 0.1) is 0 Å². The number of carbonyl (C=O) groups is 2. The number of alkyl halides is 2. The van der Waals surface area contributed by atoms with E-state index in [1.807, 2.05) is 0 Å². The zero-order chi connectivity index (χ0) is 11.1. The van der Waals surface area contributed by atoms with Gasteiger partial charge < -0.3 is 9.47 Å². The van der Waals surface area contributed by atoms with Gasteiger partial charge >= 0.3 is 11.9 Å². The maximum atomic E-state index is 11.0. The van der Waals surface area contributed by atoms with Gasteiger partial charge in [0.25, 0.3) is 0 Å². The highest BCUT2D eigenvalue weighted by Gasteiger charge is 2.32. The third kappa shape index (κ3) is 4.15. The number of rotatable bonds is 5. The van der Waals surface area contributed by atoms with Crippen molar-refractivity contribution in [3.63, 3.8) is 0 Å². The predicted molar refractivity (Wildman–Crippen MR) is 52.5 cm³/mol. The lowest BCUT2D eigenvalue weighted by Crippen LogP contribution is -2.34. The summed E-state index contributed by atoms with van der Waals surface area (Å²) in [5.74, 6) is -1.44. The van der Waals surface area contributed by atoms with Crippen LogP contribution in [-0.2, 0) is 19.1 Å². The summed E-state index contributed by atoms with van der Waals surface area (Å²) in [5.41, 5.74) is 0. The molecule has 2 unspecified atom stereocenters. The fourth-order valence-electron chi connectivity index (χ4n) is 0.683. The van der Waals surface area contributed by atoms with E-state index < -0.39 is 22.7 Å². The molecule has 0 N–H and O–H groups in total. The number of ether oxygens (including phenoxy) is 2. The largest absolute Gasteiger partial charge is 0.465 e. The molecular formula is C8H12Cl2O4. The molecule has 0 aromatic heterocycles. The van der Waals surface area contributed by atoms with Gasteiger partial charge in [0, 0.05) is 0 Å². The van der Waals surface area contributed by atoms with E-state index in [0.29, 0.717) is 0 Å². The van der Waals surface area contributed by atoms with Crippen molar-refractivity contribution >= 4 is 35.1 Å². The minimum Gasteiger partial charge on any atom is -0.465 e. The molecule has 82 valence electrons. The van der Waals surface area contributed by atoms with Crippen LogP contribution in [0.3, 0.4) is 0 Å². The third-order valence-electron chi connectivity index (χ3n) is 1.28.